The molecule has 128 valence electrons. The lowest BCUT2D eigenvalue weighted by Gasteiger charge is -2.28. The molecule has 0 radical (unpaired) electrons. The molecule has 2 aromatic rings. The molecule has 1 aromatic heterocycles. The molecule has 0 spiro atoms. The van der Waals surface area contributed by atoms with Gasteiger partial charge in [-0.25, -0.2) is 4.98 Å². The van der Waals surface area contributed by atoms with Gasteiger partial charge < -0.3 is 4.98 Å². The summed E-state index contributed by atoms with van der Waals surface area (Å²) in [6, 6.07) is 5.97. The van der Waals surface area contributed by atoms with E-state index in [1.807, 2.05) is 35.0 Å². The van der Waals surface area contributed by atoms with Crippen molar-refractivity contribution in [2.75, 3.05) is 6.54 Å². The summed E-state index contributed by atoms with van der Waals surface area (Å²) in [7, 11) is 0. The number of H-pyrrole nitrogens is 1. The first-order valence-electron chi connectivity index (χ1n) is 7.40. The van der Waals surface area contributed by atoms with Crippen molar-refractivity contribution in [3.8, 4) is 0 Å². The Hall–Kier alpha value is -1.67. The zero-order valence-electron chi connectivity index (χ0n) is 12.9. The largest absolute Gasteiger partial charge is 0.449 e. The minimum Gasteiger partial charge on any atom is -0.303 e. The van der Waals surface area contributed by atoms with E-state index in [0.717, 1.165) is 15.6 Å². The van der Waals surface area contributed by atoms with Crippen LogP contribution in [0, 0.1) is 6.92 Å². The topological polar surface area (TPSA) is 49.0 Å². The van der Waals surface area contributed by atoms with Crippen molar-refractivity contribution in [1.29, 1.82) is 0 Å². The number of fused-ring (bicyclic) bond motifs is 1. The fraction of sp³-hybridized carbons (Fsp3) is 0.375. The second kappa shape index (κ2) is 6.33. The van der Waals surface area contributed by atoms with Gasteiger partial charge in [-0.2, -0.15) is 13.2 Å². The van der Waals surface area contributed by atoms with Crippen molar-refractivity contribution in [2.24, 2.45) is 0 Å². The monoisotopic (exact) mass is 401 g/mol. The molecule has 1 aromatic carbocycles. The minimum atomic E-state index is -4.66. The number of aromatic nitrogens is 2. The summed E-state index contributed by atoms with van der Waals surface area (Å²) < 4.78 is 39.4. The van der Waals surface area contributed by atoms with E-state index in [1.54, 1.807) is 0 Å². The maximum absolute atomic E-state index is 12.8. The summed E-state index contributed by atoms with van der Waals surface area (Å²) in [5.74, 6) is -1.23. The Morgan fingerprint density at radius 3 is 2.79 bits per heavy atom. The van der Waals surface area contributed by atoms with Crippen molar-refractivity contribution in [1.82, 2.24) is 14.9 Å². The minimum absolute atomic E-state index is 0.209. The summed E-state index contributed by atoms with van der Waals surface area (Å²) in [5, 5.41) is 0. The predicted octanol–water partition coefficient (Wildman–Crippen LogP) is 3.42. The highest BCUT2D eigenvalue weighted by Crippen LogP contribution is 2.27. The number of benzene rings is 1. The van der Waals surface area contributed by atoms with Crippen molar-refractivity contribution >= 4 is 15.9 Å². The van der Waals surface area contributed by atoms with E-state index in [1.165, 1.54) is 0 Å². The van der Waals surface area contributed by atoms with Crippen LogP contribution in [-0.2, 0) is 25.7 Å². The number of aryl methyl sites for hydroxylation is 1. The third kappa shape index (κ3) is 3.54. The van der Waals surface area contributed by atoms with Gasteiger partial charge in [-0.15, -0.1) is 0 Å². The van der Waals surface area contributed by atoms with Gasteiger partial charge in [0.25, 0.3) is 5.56 Å². The van der Waals surface area contributed by atoms with E-state index in [-0.39, 0.29) is 12.2 Å². The molecule has 24 heavy (non-hydrogen) atoms. The van der Waals surface area contributed by atoms with Crippen LogP contribution in [0.2, 0.25) is 0 Å². The third-order valence-electron chi connectivity index (χ3n) is 4.02. The number of alkyl halides is 3. The van der Waals surface area contributed by atoms with Gasteiger partial charge in [-0.1, -0.05) is 28.1 Å². The summed E-state index contributed by atoms with van der Waals surface area (Å²) >= 11 is 3.51. The average Bonchev–Trinajstić information content (AvgIpc) is 2.49. The van der Waals surface area contributed by atoms with Gasteiger partial charge in [-0.05, 0) is 30.5 Å². The third-order valence-corrected chi connectivity index (χ3v) is 4.76. The van der Waals surface area contributed by atoms with Gasteiger partial charge in [0.2, 0.25) is 5.82 Å². The molecular formula is C16H15BrF3N3O. The van der Waals surface area contributed by atoms with Crippen LogP contribution in [0.1, 0.15) is 28.2 Å². The highest BCUT2D eigenvalue weighted by Gasteiger charge is 2.36. The molecule has 0 amide bonds. The van der Waals surface area contributed by atoms with Gasteiger partial charge in [0, 0.05) is 29.7 Å². The number of aromatic amines is 1. The maximum Gasteiger partial charge on any atom is 0.449 e. The van der Waals surface area contributed by atoms with Gasteiger partial charge in [0.15, 0.2) is 0 Å². The second-order valence-corrected chi connectivity index (χ2v) is 6.75. The number of nitrogens with zero attached hydrogens (tertiary/aromatic N) is 2. The Bertz CT molecular complexity index is 832. The van der Waals surface area contributed by atoms with Crippen LogP contribution in [0.3, 0.4) is 0 Å². The molecule has 0 atom stereocenters. The predicted molar refractivity (Wildman–Crippen MR) is 86.6 cm³/mol. The highest BCUT2D eigenvalue weighted by atomic mass is 79.9. The van der Waals surface area contributed by atoms with Gasteiger partial charge in [-0.3, -0.25) is 9.69 Å². The fourth-order valence-electron chi connectivity index (χ4n) is 2.78. The van der Waals surface area contributed by atoms with Crippen molar-refractivity contribution < 1.29 is 13.2 Å². The van der Waals surface area contributed by atoms with Crippen molar-refractivity contribution in [2.45, 2.75) is 32.6 Å². The Labute approximate surface area is 144 Å². The zero-order valence-corrected chi connectivity index (χ0v) is 14.5. The van der Waals surface area contributed by atoms with E-state index in [9.17, 15) is 18.0 Å². The summed E-state index contributed by atoms with van der Waals surface area (Å²) in [6.07, 6.45) is -4.27. The molecule has 1 aliphatic heterocycles. The van der Waals surface area contributed by atoms with Crippen molar-refractivity contribution in [3.63, 3.8) is 0 Å². The van der Waals surface area contributed by atoms with Crippen LogP contribution < -0.4 is 5.56 Å². The van der Waals surface area contributed by atoms with E-state index >= 15 is 0 Å². The molecule has 3 rings (SSSR count). The summed E-state index contributed by atoms with van der Waals surface area (Å²) in [5.41, 5.74) is 2.04. The van der Waals surface area contributed by atoms with E-state index in [4.69, 9.17) is 0 Å². The Morgan fingerprint density at radius 1 is 1.38 bits per heavy atom. The van der Waals surface area contributed by atoms with Crippen LogP contribution >= 0.6 is 15.9 Å². The van der Waals surface area contributed by atoms with E-state index in [2.05, 4.69) is 20.9 Å². The normalized spacial score (nSPS) is 15.4. The van der Waals surface area contributed by atoms with Crippen LogP contribution in [0.4, 0.5) is 13.2 Å². The van der Waals surface area contributed by atoms with E-state index < -0.39 is 17.6 Å². The molecular weight excluding hydrogens is 387 g/mol. The lowest BCUT2D eigenvalue weighted by molar-refractivity contribution is -0.145. The zero-order chi connectivity index (χ0) is 17.5. The number of halogens is 4. The molecule has 8 heteroatoms. The Balaban J connectivity index is 1.86. The van der Waals surface area contributed by atoms with Crippen LogP contribution in [0.25, 0.3) is 0 Å². The number of hydrogen-bond acceptors (Lipinski definition) is 3. The highest BCUT2D eigenvalue weighted by molar-refractivity contribution is 9.10. The molecule has 0 unspecified atom stereocenters. The standard InChI is InChI=1S/C16H15BrF3N3O/c1-9-2-3-10(12(17)6-9)7-23-5-4-11-13(8-23)21-15(16(18,19)20)22-14(11)24/h2-3,6H,4-5,7-8H2,1H3,(H,21,22,24). The van der Waals surface area contributed by atoms with Gasteiger partial charge in [0.1, 0.15) is 0 Å². The molecule has 0 fully saturated rings. The molecule has 1 aliphatic rings. The fourth-order valence-corrected chi connectivity index (χ4v) is 3.40. The van der Waals surface area contributed by atoms with Crippen LogP contribution in [-0.4, -0.2) is 21.4 Å². The van der Waals surface area contributed by atoms with Gasteiger partial charge >= 0.3 is 6.18 Å². The number of hydrogen-bond donors (Lipinski definition) is 1. The average molecular weight is 402 g/mol. The first-order chi connectivity index (χ1) is 11.2. The number of nitrogens with one attached hydrogen (secondary N) is 1. The second-order valence-electron chi connectivity index (χ2n) is 5.89. The Kier molecular flexibility index (Phi) is 4.52. The van der Waals surface area contributed by atoms with Crippen LogP contribution in [0.15, 0.2) is 27.5 Å². The SMILES string of the molecule is Cc1ccc(CN2CCc3c(nc(C(F)(F)F)[nH]c3=O)C2)c(Br)c1. The lowest BCUT2D eigenvalue weighted by atomic mass is 10.1. The summed E-state index contributed by atoms with van der Waals surface area (Å²) in [4.78, 5) is 19.3. The van der Waals surface area contributed by atoms with Crippen molar-refractivity contribution in [3.05, 3.63) is 61.2 Å². The molecule has 0 saturated carbocycles. The molecule has 4 nitrogen and oxygen atoms in total. The summed E-state index contributed by atoms with van der Waals surface area (Å²) in [6.45, 7) is 3.39. The molecule has 1 N–H and O–H groups in total. The van der Waals surface area contributed by atoms with Gasteiger partial charge in [0.05, 0.1) is 5.69 Å². The molecule has 0 aliphatic carbocycles. The number of rotatable bonds is 2. The smallest absolute Gasteiger partial charge is 0.303 e. The molecule has 2 heterocycles. The van der Waals surface area contributed by atoms with Crippen LogP contribution in [0.5, 0.6) is 0 Å². The van der Waals surface area contributed by atoms with E-state index in [0.29, 0.717) is 25.1 Å². The first-order valence-corrected chi connectivity index (χ1v) is 8.20. The molecule has 0 saturated heterocycles. The maximum atomic E-state index is 12.8. The molecule has 0 bridgehead atoms. The first kappa shape index (κ1) is 17.2. The lowest BCUT2D eigenvalue weighted by Crippen LogP contribution is -2.36. The Morgan fingerprint density at radius 2 is 2.12 bits per heavy atom. The quantitative estimate of drug-likeness (QED) is 0.838.